The number of piperidine rings is 1. The van der Waals surface area contributed by atoms with Gasteiger partial charge in [-0.2, -0.15) is 0 Å². The van der Waals surface area contributed by atoms with E-state index in [9.17, 15) is 24.3 Å². The van der Waals surface area contributed by atoms with Crippen LogP contribution in [0.5, 0.6) is 0 Å². The number of fused-ring (bicyclic) bond motifs is 1. The number of hydrogen-bond donors (Lipinski definition) is 2. The lowest BCUT2D eigenvalue weighted by molar-refractivity contribution is -0.146. The predicted molar refractivity (Wildman–Crippen MR) is 118 cm³/mol. The Morgan fingerprint density at radius 1 is 0.968 bits per heavy atom. The molecule has 0 aromatic carbocycles. The summed E-state index contributed by atoms with van der Waals surface area (Å²) >= 11 is 0. The maximum Gasteiger partial charge on any atom is 0.268 e. The summed E-state index contributed by atoms with van der Waals surface area (Å²) < 4.78 is 0. The Hall–Kier alpha value is -2.18. The molecule has 2 aliphatic rings. The molecule has 0 radical (unpaired) electrons. The van der Waals surface area contributed by atoms with Crippen LogP contribution in [0.4, 0.5) is 0 Å². The number of allylic oxidation sites excluding steroid dienone is 1. The van der Waals surface area contributed by atoms with Crippen molar-refractivity contribution in [3.05, 3.63) is 11.3 Å². The normalized spacial score (nSPS) is 20.2. The van der Waals surface area contributed by atoms with Crippen LogP contribution in [0.25, 0.3) is 0 Å². The number of nitrogens with one attached hydrogen (secondary N) is 1. The second-order valence-electron chi connectivity index (χ2n) is 8.69. The molecule has 0 unspecified atom stereocenters. The minimum absolute atomic E-state index is 0.0852. The smallest absolute Gasteiger partial charge is 0.268 e. The van der Waals surface area contributed by atoms with Gasteiger partial charge in [0.2, 0.25) is 11.8 Å². The van der Waals surface area contributed by atoms with Crippen LogP contribution in [0.2, 0.25) is 0 Å². The van der Waals surface area contributed by atoms with Crippen LogP contribution < -0.4 is 5.32 Å². The first-order chi connectivity index (χ1) is 15.0. The number of imide groups is 1. The molecule has 0 saturated carbocycles. The van der Waals surface area contributed by atoms with Crippen LogP contribution in [-0.4, -0.2) is 46.1 Å². The highest BCUT2D eigenvalue weighted by atomic mass is 16.3. The minimum atomic E-state index is -0.725. The van der Waals surface area contributed by atoms with Crippen LogP contribution in [-0.2, 0) is 19.2 Å². The van der Waals surface area contributed by atoms with Gasteiger partial charge in [-0.15, -0.1) is 0 Å². The van der Waals surface area contributed by atoms with E-state index >= 15 is 0 Å². The molecule has 0 aromatic rings. The average molecular weight is 435 g/mol. The molecule has 2 fully saturated rings. The molecule has 31 heavy (non-hydrogen) atoms. The summed E-state index contributed by atoms with van der Waals surface area (Å²) in [5.74, 6) is -1.52. The van der Waals surface area contributed by atoms with E-state index in [1.165, 1.54) is 32.1 Å². The number of aliphatic hydroxyl groups is 1. The van der Waals surface area contributed by atoms with Gasteiger partial charge in [0.15, 0.2) is 5.78 Å². The molecule has 3 amide bonds. The molecule has 0 spiro atoms. The molecule has 2 heterocycles. The minimum Gasteiger partial charge on any atom is -0.511 e. The number of amides is 3. The molecule has 0 bridgehead atoms. The van der Waals surface area contributed by atoms with Gasteiger partial charge in [0.05, 0.1) is 0 Å². The summed E-state index contributed by atoms with van der Waals surface area (Å²) in [6.45, 7) is 2.80. The molecular formula is C24H38N2O5. The van der Waals surface area contributed by atoms with Crippen molar-refractivity contribution in [2.24, 2.45) is 0 Å². The fourth-order valence-electron chi connectivity index (χ4n) is 4.31. The molecule has 2 aliphatic heterocycles. The van der Waals surface area contributed by atoms with Crippen molar-refractivity contribution in [3.8, 4) is 0 Å². The lowest BCUT2D eigenvalue weighted by atomic mass is 9.99. The zero-order valence-electron chi connectivity index (χ0n) is 18.9. The monoisotopic (exact) mass is 434 g/mol. The van der Waals surface area contributed by atoms with E-state index < -0.39 is 17.7 Å². The van der Waals surface area contributed by atoms with Crippen molar-refractivity contribution in [2.75, 3.05) is 6.54 Å². The van der Waals surface area contributed by atoms with Gasteiger partial charge < -0.3 is 10.4 Å². The van der Waals surface area contributed by atoms with E-state index in [0.717, 1.165) is 30.6 Å². The number of Topliss-reactive ketones (excluding diaryl/α,β-unsaturated/α-hetero) is 1. The van der Waals surface area contributed by atoms with Crippen molar-refractivity contribution in [3.63, 3.8) is 0 Å². The van der Waals surface area contributed by atoms with E-state index in [1.807, 2.05) is 0 Å². The zero-order chi connectivity index (χ0) is 22.6. The van der Waals surface area contributed by atoms with Crippen LogP contribution in [0.1, 0.15) is 103 Å². The van der Waals surface area contributed by atoms with Gasteiger partial charge in [-0.05, 0) is 32.1 Å². The molecule has 7 heteroatoms. The largest absolute Gasteiger partial charge is 0.511 e. The fourth-order valence-corrected chi connectivity index (χ4v) is 4.31. The van der Waals surface area contributed by atoms with Crippen molar-refractivity contribution < 1.29 is 24.3 Å². The third kappa shape index (κ3) is 7.47. The van der Waals surface area contributed by atoms with Crippen LogP contribution in [0.15, 0.2) is 11.3 Å². The molecule has 7 nitrogen and oxygen atoms in total. The molecule has 0 aromatic heterocycles. The third-order valence-electron chi connectivity index (χ3n) is 6.14. The van der Waals surface area contributed by atoms with Gasteiger partial charge in [0.25, 0.3) is 5.91 Å². The summed E-state index contributed by atoms with van der Waals surface area (Å²) in [7, 11) is 0. The summed E-state index contributed by atoms with van der Waals surface area (Å²) in [6.07, 6.45) is 12.6. The number of carbonyl (C=O) groups excluding carboxylic acids is 4. The molecule has 0 aliphatic carbocycles. The summed E-state index contributed by atoms with van der Waals surface area (Å²) in [5, 5.41) is 13.2. The Bertz CT molecular complexity index is 685. The van der Waals surface area contributed by atoms with Gasteiger partial charge in [0, 0.05) is 25.8 Å². The fraction of sp³-hybridized carbons (Fsp3) is 0.750. The molecular weight excluding hydrogens is 396 g/mol. The molecule has 2 N–H and O–H groups in total. The second-order valence-corrected chi connectivity index (χ2v) is 8.69. The van der Waals surface area contributed by atoms with Crippen LogP contribution >= 0.6 is 0 Å². The van der Waals surface area contributed by atoms with E-state index in [1.54, 1.807) is 0 Å². The second kappa shape index (κ2) is 13.3. The Balaban J connectivity index is 1.58. The number of hydrogen-bond acceptors (Lipinski definition) is 5. The summed E-state index contributed by atoms with van der Waals surface area (Å²) in [5.41, 5.74) is -0.205. The zero-order valence-corrected chi connectivity index (χ0v) is 18.9. The van der Waals surface area contributed by atoms with E-state index in [0.29, 0.717) is 32.2 Å². The van der Waals surface area contributed by atoms with E-state index in [4.69, 9.17) is 0 Å². The number of ketones is 1. The van der Waals surface area contributed by atoms with Crippen LogP contribution in [0.3, 0.4) is 0 Å². The van der Waals surface area contributed by atoms with E-state index in [-0.39, 0.29) is 36.0 Å². The van der Waals surface area contributed by atoms with E-state index in [2.05, 4.69) is 12.2 Å². The SMILES string of the molecule is CCCCCCCCCC(=O)NCCCCC/C(O)=C1\C(=O)[C@@H]2CCCC(=O)N2C1=O. The first-order valence-corrected chi connectivity index (χ1v) is 12.1. The Labute approximate surface area is 185 Å². The number of aliphatic hydroxyl groups excluding tert-OH is 1. The average Bonchev–Trinajstić information content (AvgIpc) is 3.01. The first kappa shape index (κ1) is 25.1. The summed E-state index contributed by atoms with van der Waals surface area (Å²) in [4.78, 5) is 49.7. The lowest BCUT2D eigenvalue weighted by Gasteiger charge is -2.25. The summed E-state index contributed by atoms with van der Waals surface area (Å²) in [6, 6.07) is -0.725. The van der Waals surface area contributed by atoms with Gasteiger partial charge in [-0.3, -0.25) is 24.1 Å². The number of rotatable bonds is 14. The molecule has 2 saturated heterocycles. The Morgan fingerprint density at radius 2 is 1.61 bits per heavy atom. The van der Waals surface area contributed by atoms with Crippen LogP contribution in [0, 0.1) is 0 Å². The maximum atomic E-state index is 12.4. The molecule has 2 rings (SSSR count). The Kier molecular flexibility index (Phi) is 10.7. The number of unbranched alkanes of at least 4 members (excludes halogenated alkanes) is 8. The van der Waals surface area contributed by atoms with Gasteiger partial charge in [-0.25, -0.2) is 0 Å². The Morgan fingerprint density at radius 3 is 2.32 bits per heavy atom. The van der Waals surface area contributed by atoms with Gasteiger partial charge in [0.1, 0.15) is 17.4 Å². The van der Waals surface area contributed by atoms with Crippen molar-refractivity contribution in [2.45, 2.75) is 109 Å². The molecule has 174 valence electrons. The highest BCUT2D eigenvalue weighted by molar-refractivity contribution is 6.30. The van der Waals surface area contributed by atoms with Crippen molar-refractivity contribution >= 4 is 23.5 Å². The maximum absolute atomic E-state index is 12.4. The topological polar surface area (TPSA) is 104 Å². The quantitative estimate of drug-likeness (QED) is 0.141. The van der Waals surface area contributed by atoms with Crippen molar-refractivity contribution in [1.29, 1.82) is 0 Å². The van der Waals surface area contributed by atoms with Gasteiger partial charge >= 0.3 is 0 Å². The third-order valence-corrected chi connectivity index (χ3v) is 6.14. The van der Waals surface area contributed by atoms with Gasteiger partial charge in [-0.1, -0.05) is 51.9 Å². The lowest BCUT2D eigenvalue weighted by Crippen LogP contribution is -2.43. The highest BCUT2D eigenvalue weighted by Gasteiger charge is 2.49. The molecule has 1 atom stereocenters. The highest BCUT2D eigenvalue weighted by Crippen LogP contribution is 2.31. The first-order valence-electron chi connectivity index (χ1n) is 12.1. The van der Waals surface area contributed by atoms with Crippen molar-refractivity contribution in [1.82, 2.24) is 10.2 Å². The number of nitrogens with zero attached hydrogens (tertiary/aromatic N) is 1. The number of carbonyl (C=O) groups is 4. The standard InChI is InChI=1S/C24H38N2O5/c1-2-3-4-5-6-7-10-15-20(28)25-17-11-8-9-14-19(27)22-23(30)18-13-12-16-21(29)26(18)24(22)31/h18,27H,2-17H2,1H3,(H,25,28)/b22-19-/t18-/m0/s1. The predicted octanol–water partition coefficient (Wildman–Crippen LogP) is 4.11.